The third-order valence-electron chi connectivity index (χ3n) is 18.8. The van der Waals surface area contributed by atoms with Crippen molar-refractivity contribution in [3.63, 3.8) is 0 Å². The minimum atomic E-state index is -0.454. The van der Waals surface area contributed by atoms with Gasteiger partial charge in [-0.2, -0.15) is 0 Å². The van der Waals surface area contributed by atoms with E-state index in [1.165, 1.54) is 117 Å². The van der Waals surface area contributed by atoms with E-state index < -0.39 is 5.41 Å². The molecular formula is C73H59N. The van der Waals surface area contributed by atoms with Gasteiger partial charge in [-0.1, -0.05) is 228 Å². The summed E-state index contributed by atoms with van der Waals surface area (Å²) in [5.74, 6) is 1.89. The third kappa shape index (κ3) is 6.04. The summed E-state index contributed by atoms with van der Waals surface area (Å²) in [5.41, 5.74) is 27.2. The van der Waals surface area contributed by atoms with Crippen molar-refractivity contribution in [2.24, 2.45) is 29.1 Å². The number of rotatable bonds is 6. The zero-order chi connectivity index (χ0) is 49.5. The van der Waals surface area contributed by atoms with Crippen LogP contribution in [0.5, 0.6) is 0 Å². The maximum atomic E-state index is 2.66. The van der Waals surface area contributed by atoms with E-state index in [0.717, 1.165) is 12.8 Å². The Hall–Kier alpha value is -8.00. The smallest absolute Gasteiger partial charge is 0.0725 e. The Kier molecular flexibility index (Phi) is 9.42. The van der Waals surface area contributed by atoms with Crippen molar-refractivity contribution in [1.82, 2.24) is 0 Å². The van der Waals surface area contributed by atoms with E-state index in [1.807, 2.05) is 0 Å². The Balaban J connectivity index is 0.900. The van der Waals surface area contributed by atoms with Crippen LogP contribution in [-0.4, -0.2) is 0 Å². The van der Waals surface area contributed by atoms with Gasteiger partial charge >= 0.3 is 0 Å². The Morgan fingerprint density at radius 2 is 0.986 bits per heavy atom. The maximum absolute atomic E-state index is 2.66. The van der Waals surface area contributed by atoms with Crippen molar-refractivity contribution in [3.8, 4) is 55.6 Å². The van der Waals surface area contributed by atoms with Gasteiger partial charge in [0.2, 0.25) is 0 Å². The average Bonchev–Trinajstić information content (AvgIpc) is 4.10. The number of anilines is 1. The first-order valence-electron chi connectivity index (χ1n) is 27.1. The van der Waals surface area contributed by atoms with Gasteiger partial charge in [-0.15, -0.1) is 0 Å². The highest BCUT2D eigenvalue weighted by Crippen LogP contribution is 2.64. The number of allylic oxidation sites excluding steroid dienone is 10. The number of nitrogens with zero attached hydrogens (tertiary/aromatic N) is 1. The van der Waals surface area contributed by atoms with E-state index in [1.54, 1.807) is 0 Å². The highest BCUT2D eigenvalue weighted by Gasteiger charge is 2.54. The lowest BCUT2D eigenvalue weighted by atomic mass is 9.70. The fourth-order valence-electron chi connectivity index (χ4n) is 15.3. The van der Waals surface area contributed by atoms with Crippen LogP contribution in [0.4, 0.5) is 5.69 Å². The minimum Gasteiger partial charge on any atom is -0.311 e. The van der Waals surface area contributed by atoms with Gasteiger partial charge in [-0.25, -0.2) is 0 Å². The second-order valence-corrected chi connectivity index (χ2v) is 23.1. The van der Waals surface area contributed by atoms with E-state index in [-0.39, 0.29) is 10.8 Å². The predicted octanol–water partition coefficient (Wildman–Crippen LogP) is 18.3. The van der Waals surface area contributed by atoms with Gasteiger partial charge in [0.25, 0.3) is 0 Å². The summed E-state index contributed by atoms with van der Waals surface area (Å²) in [7, 11) is 0. The van der Waals surface area contributed by atoms with Gasteiger partial charge < -0.3 is 4.90 Å². The highest BCUT2D eigenvalue weighted by atomic mass is 15.2. The zero-order valence-electron chi connectivity index (χ0n) is 42.7. The van der Waals surface area contributed by atoms with Crippen LogP contribution in [-0.2, 0) is 10.8 Å². The molecule has 15 rings (SSSR count). The SMILES string of the molecule is CC1(C)c2ccccc2-c2ccc(N(C3=CC4C(C=C3)C3C=CC=CC3C4(C)C)C3=C(c4ccc5c(c4)-c4ccccc4C54c5ccccc5-c5ccc(-c6ccc(-c7ccccc7)cc6)cc54)CCC=C3)cc21. The normalized spacial score (nSPS) is 23.1. The van der Waals surface area contributed by atoms with Crippen molar-refractivity contribution in [1.29, 1.82) is 0 Å². The van der Waals surface area contributed by atoms with Gasteiger partial charge in [-0.05, 0) is 178 Å². The lowest BCUT2D eigenvalue weighted by Crippen LogP contribution is -2.30. The van der Waals surface area contributed by atoms with Crippen molar-refractivity contribution in [2.45, 2.75) is 51.4 Å². The first kappa shape index (κ1) is 43.6. The maximum Gasteiger partial charge on any atom is 0.0725 e. The van der Waals surface area contributed by atoms with Crippen LogP contribution in [0, 0.1) is 29.1 Å². The van der Waals surface area contributed by atoms with Crippen LogP contribution in [0.1, 0.15) is 79.5 Å². The molecule has 1 heteroatoms. The first-order chi connectivity index (χ1) is 36.2. The molecule has 1 fully saturated rings. The van der Waals surface area contributed by atoms with Crippen LogP contribution < -0.4 is 4.90 Å². The molecule has 0 saturated heterocycles. The van der Waals surface area contributed by atoms with Gasteiger partial charge in [0, 0.05) is 22.5 Å². The van der Waals surface area contributed by atoms with E-state index in [4.69, 9.17) is 0 Å². The molecule has 0 aromatic heterocycles. The Labute approximate surface area is 437 Å². The van der Waals surface area contributed by atoms with Gasteiger partial charge in [0.15, 0.2) is 0 Å². The first-order valence-corrected chi connectivity index (χ1v) is 27.1. The lowest BCUT2D eigenvalue weighted by molar-refractivity contribution is 0.237. The number of hydrogen-bond acceptors (Lipinski definition) is 1. The molecule has 1 nitrogen and oxygen atoms in total. The summed E-state index contributed by atoms with van der Waals surface area (Å²) in [6, 6.07) is 69.5. The summed E-state index contributed by atoms with van der Waals surface area (Å²) in [6.45, 7) is 9.84. The summed E-state index contributed by atoms with van der Waals surface area (Å²) in [6.07, 6.45) is 24.0. The van der Waals surface area contributed by atoms with Crippen molar-refractivity contribution < 1.29 is 0 Å². The van der Waals surface area contributed by atoms with Crippen LogP contribution in [0.15, 0.2) is 248 Å². The molecule has 7 aliphatic carbocycles. The fraction of sp³-hybridized carbons (Fsp3) is 0.178. The molecule has 0 N–H and O–H groups in total. The Bertz CT molecular complexity index is 3860. The average molecular weight is 950 g/mol. The second-order valence-electron chi connectivity index (χ2n) is 23.1. The molecule has 1 spiro atoms. The Morgan fingerprint density at radius 3 is 1.76 bits per heavy atom. The van der Waals surface area contributed by atoms with Crippen molar-refractivity contribution in [2.75, 3.05) is 4.90 Å². The molecule has 0 amide bonds. The van der Waals surface area contributed by atoms with E-state index in [9.17, 15) is 0 Å². The molecule has 356 valence electrons. The monoisotopic (exact) mass is 949 g/mol. The molecule has 7 aliphatic rings. The number of hydrogen-bond donors (Lipinski definition) is 0. The molecule has 0 radical (unpaired) electrons. The van der Waals surface area contributed by atoms with Crippen molar-refractivity contribution >= 4 is 11.3 Å². The number of benzene rings is 8. The zero-order valence-corrected chi connectivity index (χ0v) is 42.7. The summed E-state index contributed by atoms with van der Waals surface area (Å²) >= 11 is 0. The topological polar surface area (TPSA) is 3.24 Å². The van der Waals surface area contributed by atoms with Crippen LogP contribution in [0.25, 0.3) is 61.2 Å². The van der Waals surface area contributed by atoms with Crippen LogP contribution >= 0.6 is 0 Å². The van der Waals surface area contributed by atoms with Crippen LogP contribution in [0.3, 0.4) is 0 Å². The molecule has 8 aromatic rings. The predicted molar refractivity (Wildman–Crippen MR) is 309 cm³/mol. The van der Waals surface area contributed by atoms with Gasteiger partial charge in [-0.3, -0.25) is 0 Å². The van der Waals surface area contributed by atoms with Gasteiger partial charge in [0.05, 0.1) is 5.41 Å². The molecule has 0 bridgehead atoms. The molecule has 8 aromatic carbocycles. The van der Waals surface area contributed by atoms with E-state index in [2.05, 4.69) is 269 Å². The summed E-state index contributed by atoms with van der Waals surface area (Å²) in [4.78, 5) is 2.64. The largest absolute Gasteiger partial charge is 0.311 e. The van der Waals surface area contributed by atoms with Crippen LogP contribution in [0.2, 0.25) is 0 Å². The summed E-state index contributed by atoms with van der Waals surface area (Å²) in [5, 5.41) is 0. The molecule has 0 heterocycles. The van der Waals surface area contributed by atoms with E-state index in [0.29, 0.717) is 23.7 Å². The highest BCUT2D eigenvalue weighted by molar-refractivity contribution is 5.97. The minimum absolute atomic E-state index is 0.105. The molecule has 74 heavy (non-hydrogen) atoms. The second kappa shape index (κ2) is 16.0. The molecular weight excluding hydrogens is 891 g/mol. The standard InChI is InChI=1S/C73H59N/c1-71(2)62-25-13-8-21-54(62)58-39-36-51(44-67(58)71)74(52-37-40-59-55-22-9-14-26-63(55)72(3,4)68(59)45-52)70-29-17-12-20-53(70)50-35-41-66-61(42-50)57-24-11-16-28-65(57)73(66)64-27-15-10-23-56(64)60-38-34-49(43-69(60)73)48-32-30-47(31-33-48)46-18-6-5-7-19-46/h5-11,13-19,21-45,54,58,62,67H,12,20H2,1-4H3. The quantitative estimate of drug-likeness (QED) is 0.161. The van der Waals surface area contributed by atoms with Gasteiger partial charge in [0.1, 0.15) is 0 Å². The molecule has 0 aliphatic heterocycles. The Morgan fingerprint density at radius 1 is 0.419 bits per heavy atom. The number of fused-ring (bicyclic) bond motifs is 16. The molecule has 1 saturated carbocycles. The third-order valence-corrected chi connectivity index (χ3v) is 18.8. The molecule has 5 unspecified atom stereocenters. The van der Waals surface area contributed by atoms with Crippen molar-refractivity contribution in [3.05, 3.63) is 287 Å². The molecule has 5 atom stereocenters. The van der Waals surface area contributed by atoms with E-state index >= 15 is 0 Å². The fourth-order valence-corrected chi connectivity index (χ4v) is 15.3. The summed E-state index contributed by atoms with van der Waals surface area (Å²) < 4.78 is 0. The lowest BCUT2D eigenvalue weighted by Gasteiger charge is -2.37.